The number of carbonyl (C=O) groups is 2. The van der Waals surface area contributed by atoms with Crippen molar-refractivity contribution in [3.05, 3.63) is 24.2 Å². The smallest absolute Gasteiger partial charge is 0.321 e. The molecule has 19 heavy (non-hydrogen) atoms. The minimum Gasteiger partial charge on any atom is -0.469 e. The summed E-state index contributed by atoms with van der Waals surface area (Å²) in [6.07, 6.45) is 2.10. The SMILES string of the molecule is CCOC(=O)C(C(=O)OCC)C(CC)c1ccco1. The Morgan fingerprint density at radius 3 is 2.11 bits per heavy atom. The molecule has 1 aromatic heterocycles. The zero-order valence-electron chi connectivity index (χ0n) is 11.5. The summed E-state index contributed by atoms with van der Waals surface area (Å²) in [5.74, 6) is -1.88. The van der Waals surface area contributed by atoms with Gasteiger partial charge in [-0.25, -0.2) is 0 Å². The van der Waals surface area contributed by atoms with Crippen molar-refractivity contribution in [3.8, 4) is 0 Å². The van der Waals surface area contributed by atoms with E-state index in [2.05, 4.69) is 0 Å². The van der Waals surface area contributed by atoms with Gasteiger partial charge in [-0.2, -0.15) is 0 Å². The minimum atomic E-state index is -0.976. The largest absolute Gasteiger partial charge is 0.469 e. The quantitative estimate of drug-likeness (QED) is 0.561. The Morgan fingerprint density at radius 1 is 1.16 bits per heavy atom. The summed E-state index contributed by atoms with van der Waals surface area (Å²) >= 11 is 0. The average Bonchev–Trinajstić information content (AvgIpc) is 2.89. The van der Waals surface area contributed by atoms with Crippen LogP contribution in [0, 0.1) is 5.92 Å². The summed E-state index contributed by atoms with van der Waals surface area (Å²) in [6, 6.07) is 3.48. The summed E-state index contributed by atoms with van der Waals surface area (Å²) in [6.45, 7) is 5.74. The molecule has 0 spiro atoms. The van der Waals surface area contributed by atoms with E-state index in [1.54, 1.807) is 26.0 Å². The van der Waals surface area contributed by atoms with Crippen LogP contribution in [0.1, 0.15) is 38.9 Å². The second-order valence-corrected chi connectivity index (χ2v) is 4.01. The Hall–Kier alpha value is -1.78. The fourth-order valence-corrected chi connectivity index (χ4v) is 1.99. The molecule has 5 nitrogen and oxygen atoms in total. The lowest BCUT2D eigenvalue weighted by Crippen LogP contribution is -2.33. The van der Waals surface area contributed by atoms with Crippen molar-refractivity contribution in [2.45, 2.75) is 33.1 Å². The molecule has 1 heterocycles. The highest BCUT2D eigenvalue weighted by atomic mass is 16.6. The molecule has 0 saturated carbocycles. The molecule has 0 saturated heterocycles. The lowest BCUT2D eigenvalue weighted by atomic mass is 9.88. The van der Waals surface area contributed by atoms with Crippen molar-refractivity contribution in [2.75, 3.05) is 13.2 Å². The maximum atomic E-state index is 12.0. The number of hydrogen-bond donors (Lipinski definition) is 0. The normalized spacial score (nSPS) is 12.2. The maximum Gasteiger partial charge on any atom is 0.321 e. The maximum absolute atomic E-state index is 12.0. The molecule has 1 atom stereocenters. The van der Waals surface area contributed by atoms with Gasteiger partial charge in [0.1, 0.15) is 5.76 Å². The second-order valence-electron chi connectivity index (χ2n) is 4.01. The van der Waals surface area contributed by atoms with Crippen LogP contribution >= 0.6 is 0 Å². The number of carbonyl (C=O) groups excluding carboxylic acids is 2. The first-order valence-corrected chi connectivity index (χ1v) is 6.52. The molecule has 0 radical (unpaired) electrons. The molecule has 1 unspecified atom stereocenters. The Kier molecular flexibility index (Phi) is 6.12. The van der Waals surface area contributed by atoms with E-state index in [0.717, 1.165) is 0 Å². The Morgan fingerprint density at radius 2 is 1.74 bits per heavy atom. The second kappa shape index (κ2) is 7.61. The van der Waals surface area contributed by atoms with Gasteiger partial charge in [0.15, 0.2) is 5.92 Å². The molecule has 1 rings (SSSR count). The molecule has 5 heteroatoms. The summed E-state index contributed by atoms with van der Waals surface area (Å²) in [5.41, 5.74) is 0. The highest BCUT2D eigenvalue weighted by Crippen LogP contribution is 2.30. The summed E-state index contributed by atoms with van der Waals surface area (Å²) in [4.78, 5) is 24.0. The van der Waals surface area contributed by atoms with Crippen LogP contribution in [0.4, 0.5) is 0 Å². The zero-order valence-corrected chi connectivity index (χ0v) is 11.5. The highest BCUT2D eigenvalue weighted by Gasteiger charge is 2.38. The Labute approximate surface area is 112 Å². The molecule has 0 aliphatic rings. The fourth-order valence-electron chi connectivity index (χ4n) is 1.99. The number of ether oxygens (including phenoxy) is 2. The Balaban J connectivity index is 2.99. The highest BCUT2D eigenvalue weighted by molar-refractivity contribution is 5.96. The first-order chi connectivity index (χ1) is 9.15. The summed E-state index contributed by atoms with van der Waals surface area (Å²) < 4.78 is 15.3. The zero-order chi connectivity index (χ0) is 14.3. The van der Waals surface area contributed by atoms with Crippen LogP contribution in [0.2, 0.25) is 0 Å². The van der Waals surface area contributed by atoms with Gasteiger partial charge in [-0.05, 0) is 32.4 Å². The van der Waals surface area contributed by atoms with Crippen molar-refractivity contribution in [2.24, 2.45) is 5.92 Å². The van der Waals surface area contributed by atoms with Crippen molar-refractivity contribution in [1.29, 1.82) is 0 Å². The lowest BCUT2D eigenvalue weighted by Gasteiger charge is -2.21. The third kappa shape index (κ3) is 3.84. The molecule has 1 aromatic rings. The summed E-state index contributed by atoms with van der Waals surface area (Å²) in [7, 11) is 0. The molecular weight excluding hydrogens is 248 g/mol. The predicted octanol–water partition coefficient (Wildman–Crippen LogP) is 2.52. The minimum absolute atomic E-state index is 0.226. The van der Waals surface area contributed by atoms with E-state index in [4.69, 9.17) is 13.9 Å². The van der Waals surface area contributed by atoms with Crippen LogP contribution in [-0.4, -0.2) is 25.2 Å². The van der Waals surface area contributed by atoms with Gasteiger partial charge in [0.05, 0.1) is 19.5 Å². The molecule has 0 fully saturated rings. The van der Waals surface area contributed by atoms with Crippen molar-refractivity contribution in [1.82, 2.24) is 0 Å². The number of hydrogen-bond acceptors (Lipinski definition) is 5. The first-order valence-electron chi connectivity index (χ1n) is 6.52. The standard InChI is InChI=1S/C14H20O5/c1-4-10(11-8-7-9-19-11)12(13(15)17-5-2)14(16)18-6-3/h7-10,12H,4-6H2,1-3H3. The van der Waals surface area contributed by atoms with Gasteiger partial charge in [-0.15, -0.1) is 0 Å². The van der Waals surface area contributed by atoms with Crippen LogP contribution in [0.5, 0.6) is 0 Å². The number of furan rings is 1. The monoisotopic (exact) mass is 268 g/mol. The molecule has 0 bridgehead atoms. The van der Waals surface area contributed by atoms with Gasteiger partial charge < -0.3 is 13.9 Å². The summed E-state index contributed by atoms with van der Waals surface area (Å²) in [5, 5.41) is 0. The molecule has 0 aromatic carbocycles. The van der Waals surface area contributed by atoms with E-state index in [1.807, 2.05) is 6.92 Å². The Bertz CT molecular complexity index is 378. The van der Waals surface area contributed by atoms with Crippen molar-refractivity contribution < 1.29 is 23.5 Å². The van der Waals surface area contributed by atoms with Crippen molar-refractivity contribution in [3.63, 3.8) is 0 Å². The van der Waals surface area contributed by atoms with Crippen LogP contribution < -0.4 is 0 Å². The lowest BCUT2D eigenvalue weighted by molar-refractivity contribution is -0.163. The fraction of sp³-hybridized carbons (Fsp3) is 0.571. The van der Waals surface area contributed by atoms with E-state index >= 15 is 0 Å². The van der Waals surface area contributed by atoms with Crippen LogP contribution in [0.25, 0.3) is 0 Å². The number of rotatable bonds is 7. The van der Waals surface area contributed by atoms with Crippen LogP contribution in [0.3, 0.4) is 0 Å². The predicted molar refractivity (Wildman–Crippen MR) is 68.5 cm³/mol. The van der Waals surface area contributed by atoms with E-state index in [9.17, 15) is 9.59 Å². The topological polar surface area (TPSA) is 65.7 Å². The van der Waals surface area contributed by atoms with Crippen molar-refractivity contribution >= 4 is 11.9 Å². The molecule has 0 aliphatic heterocycles. The molecule has 0 N–H and O–H groups in total. The van der Waals surface area contributed by atoms with E-state index in [0.29, 0.717) is 12.2 Å². The van der Waals surface area contributed by atoms with Crippen LogP contribution in [-0.2, 0) is 19.1 Å². The third-order valence-electron chi connectivity index (χ3n) is 2.83. The number of esters is 2. The molecule has 0 amide bonds. The van der Waals surface area contributed by atoms with Gasteiger partial charge in [0, 0.05) is 5.92 Å². The first kappa shape index (κ1) is 15.3. The van der Waals surface area contributed by atoms with E-state index in [-0.39, 0.29) is 19.1 Å². The van der Waals surface area contributed by atoms with Gasteiger partial charge in [-0.1, -0.05) is 6.92 Å². The third-order valence-corrected chi connectivity index (χ3v) is 2.83. The van der Waals surface area contributed by atoms with Gasteiger partial charge in [0.2, 0.25) is 0 Å². The molecule has 0 aliphatic carbocycles. The molecule has 106 valence electrons. The van der Waals surface area contributed by atoms with Gasteiger partial charge >= 0.3 is 11.9 Å². The molecular formula is C14H20O5. The van der Waals surface area contributed by atoms with Crippen LogP contribution in [0.15, 0.2) is 22.8 Å². The van der Waals surface area contributed by atoms with E-state index < -0.39 is 17.9 Å². The van der Waals surface area contributed by atoms with Gasteiger partial charge in [-0.3, -0.25) is 9.59 Å². The van der Waals surface area contributed by atoms with E-state index in [1.165, 1.54) is 6.26 Å². The average molecular weight is 268 g/mol. The van der Waals surface area contributed by atoms with Gasteiger partial charge in [0.25, 0.3) is 0 Å².